The maximum atomic E-state index is 12.6. The second kappa shape index (κ2) is 7.37. The number of carbonyl (C=O) groups excluding carboxylic acids is 1. The van der Waals surface area contributed by atoms with Gasteiger partial charge in [0.15, 0.2) is 0 Å². The summed E-state index contributed by atoms with van der Waals surface area (Å²) >= 11 is 6.11. The first kappa shape index (κ1) is 17.0. The van der Waals surface area contributed by atoms with E-state index in [1.54, 1.807) is 6.07 Å². The zero-order valence-electron chi connectivity index (χ0n) is 14.2. The van der Waals surface area contributed by atoms with Crippen molar-refractivity contribution in [2.75, 3.05) is 13.1 Å². The number of nitrogens with zero attached hydrogens (tertiary/aromatic N) is 1. The molecule has 1 heterocycles. The summed E-state index contributed by atoms with van der Waals surface area (Å²) in [6.45, 7) is 6.78. The number of benzene rings is 2. The van der Waals surface area contributed by atoms with Crippen molar-refractivity contribution < 1.29 is 4.79 Å². The molecule has 2 aromatic carbocycles. The van der Waals surface area contributed by atoms with Crippen LogP contribution in [0.3, 0.4) is 0 Å². The predicted octanol–water partition coefficient (Wildman–Crippen LogP) is 3.96. The standard InChI is InChI=1S/C20H23ClN2O/c1-14-10-17(21)11-19(15(14)2)20(24)22-18-8-9-23(13-18)12-16-6-4-3-5-7-16/h3-7,10-11,18H,8-9,12-13H2,1-2H3,(H,22,24). The van der Waals surface area contributed by atoms with Crippen molar-refractivity contribution in [2.24, 2.45) is 0 Å². The number of hydrogen-bond acceptors (Lipinski definition) is 2. The van der Waals surface area contributed by atoms with Crippen molar-refractivity contribution in [1.29, 1.82) is 0 Å². The van der Waals surface area contributed by atoms with Crippen molar-refractivity contribution in [2.45, 2.75) is 32.9 Å². The lowest BCUT2D eigenvalue weighted by molar-refractivity contribution is 0.0937. The first-order chi connectivity index (χ1) is 11.5. The number of aryl methyl sites for hydroxylation is 1. The van der Waals surface area contributed by atoms with Gasteiger partial charge >= 0.3 is 0 Å². The van der Waals surface area contributed by atoms with Gasteiger partial charge in [-0.15, -0.1) is 0 Å². The third-order valence-corrected chi connectivity index (χ3v) is 4.95. The third-order valence-electron chi connectivity index (χ3n) is 4.73. The van der Waals surface area contributed by atoms with Gasteiger partial charge in [0.25, 0.3) is 5.91 Å². The molecule has 1 aliphatic heterocycles. The average Bonchev–Trinajstić information content (AvgIpc) is 2.98. The van der Waals surface area contributed by atoms with E-state index in [1.807, 2.05) is 26.0 Å². The van der Waals surface area contributed by atoms with Gasteiger partial charge in [0.2, 0.25) is 0 Å². The molecule has 0 saturated carbocycles. The second-order valence-corrected chi connectivity index (χ2v) is 7.01. The Kier molecular flexibility index (Phi) is 5.22. The van der Waals surface area contributed by atoms with Crippen LogP contribution in [0, 0.1) is 13.8 Å². The minimum absolute atomic E-state index is 0.0235. The zero-order chi connectivity index (χ0) is 17.1. The lowest BCUT2D eigenvalue weighted by atomic mass is 10.0. The summed E-state index contributed by atoms with van der Waals surface area (Å²) in [5.41, 5.74) is 4.04. The molecule has 24 heavy (non-hydrogen) atoms. The summed E-state index contributed by atoms with van der Waals surface area (Å²) in [7, 11) is 0. The molecule has 1 saturated heterocycles. The van der Waals surface area contributed by atoms with E-state index in [-0.39, 0.29) is 11.9 Å². The Bertz CT molecular complexity index is 730. The molecule has 1 aliphatic rings. The summed E-state index contributed by atoms with van der Waals surface area (Å²) in [6, 6.07) is 14.3. The van der Waals surface area contributed by atoms with Crippen LogP contribution in [0.4, 0.5) is 0 Å². The highest BCUT2D eigenvalue weighted by atomic mass is 35.5. The number of nitrogens with one attached hydrogen (secondary N) is 1. The van der Waals surface area contributed by atoms with Crippen LogP contribution in [-0.2, 0) is 6.54 Å². The fourth-order valence-electron chi connectivity index (χ4n) is 3.25. The highest BCUT2D eigenvalue weighted by molar-refractivity contribution is 6.31. The van der Waals surface area contributed by atoms with E-state index in [1.165, 1.54) is 5.56 Å². The molecule has 1 unspecified atom stereocenters. The van der Waals surface area contributed by atoms with Gasteiger partial charge in [-0.25, -0.2) is 0 Å². The summed E-state index contributed by atoms with van der Waals surface area (Å²) in [5.74, 6) is -0.0235. The van der Waals surface area contributed by atoms with E-state index in [0.717, 1.165) is 37.2 Å². The first-order valence-corrected chi connectivity index (χ1v) is 8.74. The number of likely N-dealkylation sites (tertiary alicyclic amines) is 1. The molecule has 126 valence electrons. The molecule has 4 heteroatoms. The molecule has 1 amide bonds. The van der Waals surface area contributed by atoms with E-state index in [9.17, 15) is 4.79 Å². The molecule has 0 bridgehead atoms. The van der Waals surface area contributed by atoms with Crippen LogP contribution in [0.1, 0.15) is 33.5 Å². The van der Waals surface area contributed by atoms with Gasteiger partial charge in [-0.3, -0.25) is 9.69 Å². The second-order valence-electron chi connectivity index (χ2n) is 6.58. The smallest absolute Gasteiger partial charge is 0.251 e. The molecule has 0 aliphatic carbocycles. The summed E-state index contributed by atoms with van der Waals surface area (Å²) in [4.78, 5) is 15.0. The Morgan fingerprint density at radius 1 is 1.25 bits per heavy atom. The lowest BCUT2D eigenvalue weighted by Crippen LogP contribution is -2.37. The van der Waals surface area contributed by atoms with Crippen molar-refractivity contribution >= 4 is 17.5 Å². The highest BCUT2D eigenvalue weighted by Crippen LogP contribution is 2.21. The van der Waals surface area contributed by atoms with Crippen LogP contribution in [0.15, 0.2) is 42.5 Å². The summed E-state index contributed by atoms with van der Waals surface area (Å²) in [6.07, 6.45) is 0.983. The normalized spacial score (nSPS) is 17.9. The van der Waals surface area contributed by atoms with Gasteiger partial charge in [0, 0.05) is 36.3 Å². The topological polar surface area (TPSA) is 32.3 Å². The SMILES string of the molecule is Cc1cc(Cl)cc(C(=O)NC2CCN(Cc3ccccc3)C2)c1C. The molecule has 1 N–H and O–H groups in total. The van der Waals surface area contributed by atoms with Crippen LogP contribution in [-0.4, -0.2) is 29.9 Å². The molecule has 1 atom stereocenters. The molecular weight excluding hydrogens is 320 g/mol. The van der Waals surface area contributed by atoms with Gasteiger partial charge in [-0.1, -0.05) is 41.9 Å². The van der Waals surface area contributed by atoms with E-state index < -0.39 is 0 Å². The fraction of sp³-hybridized carbons (Fsp3) is 0.350. The Morgan fingerprint density at radius 3 is 2.75 bits per heavy atom. The number of amides is 1. The highest BCUT2D eigenvalue weighted by Gasteiger charge is 2.25. The Morgan fingerprint density at radius 2 is 2.00 bits per heavy atom. The quantitative estimate of drug-likeness (QED) is 0.912. The molecule has 0 spiro atoms. The number of carbonyl (C=O) groups is 1. The predicted molar refractivity (Wildman–Crippen MR) is 98.5 cm³/mol. The van der Waals surface area contributed by atoms with Crippen molar-refractivity contribution in [3.8, 4) is 0 Å². The number of halogens is 1. The largest absolute Gasteiger partial charge is 0.348 e. The van der Waals surface area contributed by atoms with E-state index >= 15 is 0 Å². The number of rotatable bonds is 4. The molecular formula is C20H23ClN2O. The maximum absolute atomic E-state index is 12.6. The Hall–Kier alpha value is -1.84. The van der Waals surface area contributed by atoms with Crippen molar-refractivity contribution in [3.63, 3.8) is 0 Å². The van der Waals surface area contributed by atoms with Crippen LogP contribution in [0.5, 0.6) is 0 Å². The summed E-state index contributed by atoms with van der Waals surface area (Å²) < 4.78 is 0. The zero-order valence-corrected chi connectivity index (χ0v) is 14.9. The van der Waals surface area contributed by atoms with E-state index in [0.29, 0.717) is 10.6 Å². The van der Waals surface area contributed by atoms with Gasteiger partial charge in [0.05, 0.1) is 0 Å². The Balaban J connectivity index is 1.60. The first-order valence-electron chi connectivity index (χ1n) is 8.37. The molecule has 0 aromatic heterocycles. The maximum Gasteiger partial charge on any atom is 0.251 e. The van der Waals surface area contributed by atoms with Crippen LogP contribution in [0.25, 0.3) is 0 Å². The monoisotopic (exact) mass is 342 g/mol. The van der Waals surface area contributed by atoms with Crippen molar-refractivity contribution in [1.82, 2.24) is 10.2 Å². The molecule has 3 nitrogen and oxygen atoms in total. The average molecular weight is 343 g/mol. The van der Waals surface area contributed by atoms with Gasteiger partial charge in [0.1, 0.15) is 0 Å². The van der Waals surface area contributed by atoms with Gasteiger partial charge in [-0.2, -0.15) is 0 Å². The fourth-order valence-corrected chi connectivity index (χ4v) is 3.52. The van der Waals surface area contributed by atoms with Crippen LogP contribution < -0.4 is 5.32 Å². The Labute approximate surface area is 148 Å². The number of hydrogen-bond donors (Lipinski definition) is 1. The van der Waals surface area contributed by atoms with Crippen LogP contribution in [0.2, 0.25) is 5.02 Å². The minimum atomic E-state index is -0.0235. The minimum Gasteiger partial charge on any atom is -0.348 e. The lowest BCUT2D eigenvalue weighted by Gasteiger charge is -2.17. The van der Waals surface area contributed by atoms with Gasteiger partial charge < -0.3 is 5.32 Å². The molecule has 1 fully saturated rings. The molecule has 2 aromatic rings. The van der Waals surface area contributed by atoms with E-state index in [2.05, 4.69) is 34.5 Å². The van der Waals surface area contributed by atoms with Crippen molar-refractivity contribution in [3.05, 3.63) is 69.7 Å². The van der Waals surface area contributed by atoms with Gasteiger partial charge in [-0.05, 0) is 49.1 Å². The third kappa shape index (κ3) is 3.97. The van der Waals surface area contributed by atoms with Crippen LogP contribution >= 0.6 is 11.6 Å². The molecule has 3 rings (SSSR count). The van der Waals surface area contributed by atoms with E-state index in [4.69, 9.17) is 11.6 Å². The summed E-state index contributed by atoms with van der Waals surface area (Å²) in [5, 5.41) is 3.78. The molecule has 0 radical (unpaired) electrons.